The minimum Gasteiger partial charge on any atom is -0.367 e. The number of nitrogens with zero attached hydrogens (tertiary/aromatic N) is 4. The Labute approximate surface area is 335 Å². The fourth-order valence-electron chi connectivity index (χ4n) is 8.52. The molecule has 4 aliphatic rings. The molecule has 8 nitrogen and oxygen atoms in total. The van der Waals surface area contributed by atoms with Gasteiger partial charge in [-0.1, -0.05) is 125 Å². The Morgan fingerprint density at radius 3 is 1.18 bits per heavy atom. The lowest BCUT2D eigenvalue weighted by molar-refractivity contribution is 0.704. The highest BCUT2D eigenvalue weighted by molar-refractivity contribution is 6.32. The number of halogens is 1. The van der Waals surface area contributed by atoms with Gasteiger partial charge in [-0.05, 0) is 100 Å². The molecule has 0 spiro atoms. The van der Waals surface area contributed by atoms with Crippen LogP contribution in [0, 0.1) is 13.8 Å². The molecule has 2 aromatic heterocycles. The molecule has 4 aliphatic carbocycles. The fourth-order valence-corrected chi connectivity index (χ4v) is 8.84. The smallest absolute Gasteiger partial charge is 0.142 e. The zero-order valence-corrected chi connectivity index (χ0v) is 34.7. The van der Waals surface area contributed by atoms with Gasteiger partial charge in [0.05, 0.1) is 11.1 Å². The van der Waals surface area contributed by atoms with E-state index in [1.54, 1.807) is 0 Å². The number of nitrogens with two attached hydrogens (primary N) is 1. The summed E-state index contributed by atoms with van der Waals surface area (Å²) in [5.74, 6) is 4.41. The van der Waals surface area contributed by atoms with Gasteiger partial charge in [-0.15, -0.1) is 0 Å². The average molecular weight is 766 g/mol. The first-order valence-corrected chi connectivity index (χ1v) is 21.8. The number of rotatable bonds is 10. The summed E-state index contributed by atoms with van der Waals surface area (Å²) in [6.45, 7) is 8.24. The Morgan fingerprint density at radius 2 is 0.836 bits per heavy atom. The first-order valence-electron chi connectivity index (χ1n) is 21.5. The van der Waals surface area contributed by atoms with E-state index < -0.39 is 0 Å². The molecule has 5 N–H and O–H groups in total. The monoisotopic (exact) mass is 765 g/mol. The van der Waals surface area contributed by atoms with E-state index >= 15 is 0 Å². The predicted molar refractivity (Wildman–Crippen MR) is 232 cm³/mol. The van der Waals surface area contributed by atoms with Gasteiger partial charge in [0.15, 0.2) is 0 Å². The van der Waals surface area contributed by atoms with Crippen LogP contribution in [0.1, 0.15) is 139 Å². The molecule has 0 radical (unpaired) electrons. The van der Waals surface area contributed by atoms with Gasteiger partial charge in [0, 0.05) is 24.2 Å². The van der Waals surface area contributed by atoms with E-state index in [9.17, 15) is 0 Å². The van der Waals surface area contributed by atoms with Crippen molar-refractivity contribution in [3.05, 3.63) is 76.5 Å². The Balaban J connectivity index is 0.000000165. The summed E-state index contributed by atoms with van der Waals surface area (Å²) < 4.78 is 0. The topological polar surface area (TPSA) is 114 Å². The second kappa shape index (κ2) is 20.4. The summed E-state index contributed by atoms with van der Waals surface area (Å²) >= 11 is 6.44. The van der Waals surface area contributed by atoms with E-state index in [2.05, 4.69) is 88.3 Å². The molecule has 296 valence electrons. The van der Waals surface area contributed by atoms with Gasteiger partial charge in [0.2, 0.25) is 0 Å². The number of aromatic nitrogens is 4. The van der Waals surface area contributed by atoms with Gasteiger partial charge >= 0.3 is 0 Å². The first-order chi connectivity index (χ1) is 26.8. The van der Waals surface area contributed by atoms with Crippen molar-refractivity contribution in [1.29, 1.82) is 0 Å². The molecule has 0 saturated heterocycles. The molecule has 0 bridgehead atoms. The number of hydrogen-bond donors (Lipinski definition) is 4. The Kier molecular flexibility index (Phi) is 15.2. The van der Waals surface area contributed by atoms with Crippen LogP contribution in [0.15, 0.2) is 48.5 Å². The van der Waals surface area contributed by atoms with Crippen LogP contribution in [0.25, 0.3) is 22.3 Å². The van der Waals surface area contributed by atoms with Crippen molar-refractivity contribution in [2.75, 3.05) is 16.0 Å². The maximum absolute atomic E-state index is 6.44. The van der Waals surface area contributed by atoms with Crippen molar-refractivity contribution >= 4 is 29.1 Å². The van der Waals surface area contributed by atoms with Crippen molar-refractivity contribution in [2.45, 2.75) is 167 Å². The third-order valence-electron chi connectivity index (χ3n) is 11.8. The maximum Gasteiger partial charge on any atom is 0.142 e. The molecular weight excluding hydrogens is 700 g/mol. The summed E-state index contributed by atoms with van der Waals surface area (Å²) in [7, 11) is 0. The first kappa shape index (κ1) is 40.9. The van der Waals surface area contributed by atoms with E-state index in [0.29, 0.717) is 35.1 Å². The summed E-state index contributed by atoms with van der Waals surface area (Å²) in [6, 6.07) is 19.5. The zero-order chi connectivity index (χ0) is 38.6. The molecule has 9 heteroatoms. The van der Waals surface area contributed by atoms with E-state index in [4.69, 9.17) is 27.3 Å². The minimum absolute atomic E-state index is 0.499. The standard InChI is InChI=1S/C23H32N4.C18H22ClN3.C5H11N/c1-3-17-12-14-18(15-13-17)21-22(26-19-8-4-5-9-19)24-16(2)25-23(21)27-20-10-6-7-11-20;1-3-13-8-10-14(11-9-13)16-17(19)20-12(2)21-18(16)22-15-6-4-5-7-15;6-5-3-1-2-4-5/h12-15,19-20H,3-11H2,1-2H3,(H2,24,25,26,27);8-11,15H,3-7H2,1-2H3,(H,20,21,22);5H,1-4,6H2. The summed E-state index contributed by atoms with van der Waals surface area (Å²) in [5, 5.41) is 11.6. The molecule has 0 unspecified atom stereocenters. The number of aryl methyl sites for hydroxylation is 4. The van der Waals surface area contributed by atoms with Crippen LogP contribution in [0.3, 0.4) is 0 Å². The third kappa shape index (κ3) is 11.6. The molecule has 2 heterocycles. The Morgan fingerprint density at radius 1 is 0.509 bits per heavy atom. The second-order valence-electron chi connectivity index (χ2n) is 16.2. The number of anilines is 3. The molecule has 4 aromatic rings. The van der Waals surface area contributed by atoms with Crippen molar-refractivity contribution < 1.29 is 0 Å². The van der Waals surface area contributed by atoms with Crippen LogP contribution in [0.2, 0.25) is 5.15 Å². The Hall–Kier alpha value is -3.75. The molecule has 0 aliphatic heterocycles. The summed E-state index contributed by atoms with van der Waals surface area (Å²) in [6.07, 6.45) is 22.5. The van der Waals surface area contributed by atoms with Gasteiger partial charge in [-0.25, -0.2) is 19.9 Å². The molecule has 0 amide bonds. The van der Waals surface area contributed by atoms with Gasteiger partial charge < -0.3 is 21.7 Å². The van der Waals surface area contributed by atoms with E-state index in [1.807, 2.05) is 13.8 Å². The number of hydrogen-bond acceptors (Lipinski definition) is 8. The Bertz CT molecular complexity index is 1730. The quantitative estimate of drug-likeness (QED) is 0.118. The third-order valence-corrected chi connectivity index (χ3v) is 12.1. The molecule has 55 heavy (non-hydrogen) atoms. The zero-order valence-electron chi connectivity index (χ0n) is 33.9. The highest BCUT2D eigenvalue weighted by Crippen LogP contribution is 2.37. The van der Waals surface area contributed by atoms with Crippen LogP contribution in [-0.4, -0.2) is 44.1 Å². The molecule has 0 atom stereocenters. The average Bonchev–Trinajstić information content (AvgIpc) is 4.04. The molecule has 4 saturated carbocycles. The minimum atomic E-state index is 0.499. The molecule has 2 aromatic carbocycles. The highest BCUT2D eigenvalue weighted by Gasteiger charge is 2.24. The van der Waals surface area contributed by atoms with Gasteiger partial charge in [-0.3, -0.25) is 0 Å². The highest BCUT2D eigenvalue weighted by atomic mass is 35.5. The van der Waals surface area contributed by atoms with Crippen LogP contribution in [-0.2, 0) is 12.8 Å². The van der Waals surface area contributed by atoms with Gasteiger partial charge in [0.25, 0.3) is 0 Å². The molecule has 4 fully saturated rings. The van der Waals surface area contributed by atoms with Crippen LogP contribution < -0.4 is 21.7 Å². The van der Waals surface area contributed by atoms with Crippen LogP contribution in [0.5, 0.6) is 0 Å². The largest absolute Gasteiger partial charge is 0.367 e. The molecular formula is C46H65ClN8. The number of nitrogens with one attached hydrogen (secondary N) is 3. The lowest BCUT2D eigenvalue weighted by Gasteiger charge is -2.22. The maximum atomic E-state index is 6.44. The predicted octanol–water partition coefficient (Wildman–Crippen LogP) is 11.6. The lowest BCUT2D eigenvalue weighted by atomic mass is 10.0. The van der Waals surface area contributed by atoms with Crippen molar-refractivity contribution in [3.8, 4) is 22.3 Å². The van der Waals surface area contributed by atoms with Gasteiger partial charge in [0.1, 0.15) is 34.3 Å². The van der Waals surface area contributed by atoms with Crippen LogP contribution >= 0.6 is 11.6 Å². The fraction of sp³-hybridized carbons (Fsp3) is 0.565. The summed E-state index contributed by atoms with van der Waals surface area (Å²) in [4.78, 5) is 18.6. The number of benzene rings is 2. The summed E-state index contributed by atoms with van der Waals surface area (Å²) in [5.41, 5.74) is 12.5. The van der Waals surface area contributed by atoms with Crippen LogP contribution in [0.4, 0.5) is 17.5 Å². The molecule has 8 rings (SSSR count). The normalized spacial score (nSPS) is 17.8. The lowest BCUT2D eigenvalue weighted by Crippen LogP contribution is -2.20. The van der Waals surface area contributed by atoms with Crippen molar-refractivity contribution in [1.82, 2.24) is 19.9 Å². The van der Waals surface area contributed by atoms with Crippen molar-refractivity contribution in [3.63, 3.8) is 0 Å². The van der Waals surface area contributed by atoms with E-state index in [0.717, 1.165) is 52.8 Å². The SMILES string of the molecule is CCc1ccc(-c2c(Cl)nc(C)nc2NC2CCCC2)cc1.CCc1ccc(-c2c(NC3CCCC3)nc(C)nc2NC2CCCC2)cc1.NC1CCCC1. The van der Waals surface area contributed by atoms with Crippen molar-refractivity contribution in [2.24, 2.45) is 5.73 Å². The van der Waals surface area contributed by atoms with Gasteiger partial charge in [-0.2, -0.15) is 0 Å². The second-order valence-corrected chi connectivity index (χ2v) is 16.5. The van der Waals surface area contributed by atoms with E-state index in [1.165, 1.54) is 119 Å². The van der Waals surface area contributed by atoms with E-state index in [-0.39, 0.29) is 0 Å².